The van der Waals surface area contributed by atoms with Crippen molar-refractivity contribution in [3.63, 3.8) is 0 Å². The van der Waals surface area contributed by atoms with E-state index >= 15 is 0 Å². The summed E-state index contributed by atoms with van der Waals surface area (Å²) in [6.45, 7) is 2.25. The van der Waals surface area contributed by atoms with Gasteiger partial charge in [-0.05, 0) is 30.0 Å². The van der Waals surface area contributed by atoms with E-state index in [-0.39, 0.29) is 0 Å². The number of H-pyrrole nitrogens is 1. The number of para-hydroxylation sites is 1. The molecule has 96 valence electrons. The number of aryl methyl sites for hydroxylation is 1. The second kappa shape index (κ2) is 5.31. The smallest absolute Gasteiger partial charge is 0.0497 e. The van der Waals surface area contributed by atoms with Gasteiger partial charge < -0.3 is 4.98 Å². The van der Waals surface area contributed by atoms with Crippen molar-refractivity contribution in [2.45, 2.75) is 26.2 Å². The van der Waals surface area contributed by atoms with Crippen LogP contribution in [0.4, 0.5) is 0 Å². The number of aromatic nitrogens is 1. The zero-order chi connectivity index (χ0) is 13.1. The molecule has 1 heterocycles. The van der Waals surface area contributed by atoms with E-state index in [1.165, 1.54) is 40.6 Å². The van der Waals surface area contributed by atoms with Crippen LogP contribution < -0.4 is 0 Å². The summed E-state index contributed by atoms with van der Waals surface area (Å²) in [6, 6.07) is 19.2. The van der Waals surface area contributed by atoms with Gasteiger partial charge in [0.2, 0.25) is 0 Å². The van der Waals surface area contributed by atoms with Crippen LogP contribution in [-0.4, -0.2) is 4.98 Å². The molecule has 1 nitrogen and oxygen atoms in total. The Bertz CT molecular complexity index is 664. The first-order chi connectivity index (χ1) is 9.40. The molecule has 2 aromatic carbocycles. The van der Waals surface area contributed by atoms with E-state index in [2.05, 4.69) is 66.5 Å². The number of nitrogens with one attached hydrogen (secondary N) is 1. The summed E-state index contributed by atoms with van der Waals surface area (Å²) in [7, 11) is 0. The van der Waals surface area contributed by atoms with Gasteiger partial charge in [0.1, 0.15) is 0 Å². The first-order valence-corrected chi connectivity index (χ1v) is 7.05. The van der Waals surface area contributed by atoms with Crippen molar-refractivity contribution < 1.29 is 0 Å². The minimum atomic E-state index is 1.14. The molecule has 1 N–H and O–H groups in total. The Morgan fingerprint density at radius 3 is 2.42 bits per heavy atom. The van der Waals surface area contributed by atoms with Gasteiger partial charge in [0.15, 0.2) is 0 Å². The van der Waals surface area contributed by atoms with Crippen LogP contribution in [0.3, 0.4) is 0 Å². The lowest BCUT2D eigenvalue weighted by molar-refractivity contribution is 0.800. The summed E-state index contributed by atoms with van der Waals surface area (Å²) in [5, 5.41) is 1.37. The number of rotatable bonds is 4. The molecule has 0 fully saturated rings. The molecule has 0 aliphatic rings. The van der Waals surface area contributed by atoms with E-state index in [1.807, 2.05) is 0 Å². The van der Waals surface area contributed by atoms with Crippen molar-refractivity contribution >= 4 is 10.9 Å². The maximum Gasteiger partial charge on any atom is 0.0497 e. The van der Waals surface area contributed by atoms with E-state index in [1.54, 1.807) is 0 Å². The lowest BCUT2D eigenvalue weighted by atomic mass is 10.0. The van der Waals surface area contributed by atoms with Gasteiger partial charge in [-0.1, -0.05) is 61.9 Å². The normalized spacial score (nSPS) is 11.0. The van der Waals surface area contributed by atoms with Gasteiger partial charge in [-0.3, -0.25) is 0 Å². The van der Waals surface area contributed by atoms with Crippen molar-refractivity contribution in [3.8, 4) is 11.3 Å². The van der Waals surface area contributed by atoms with Crippen LogP contribution in [0.1, 0.15) is 25.3 Å². The fourth-order valence-electron chi connectivity index (χ4n) is 2.66. The molecular weight excluding hydrogens is 230 g/mol. The van der Waals surface area contributed by atoms with E-state index < -0.39 is 0 Å². The number of hydrogen-bond donors (Lipinski definition) is 1. The molecule has 0 saturated carbocycles. The predicted molar refractivity (Wildman–Crippen MR) is 82.3 cm³/mol. The van der Waals surface area contributed by atoms with Crippen LogP contribution >= 0.6 is 0 Å². The molecule has 0 aliphatic carbocycles. The Hall–Kier alpha value is -2.02. The largest absolute Gasteiger partial charge is 0.354 e. The van der Waals surface area contributed by atoms with Gasteiger partial charge >= 0.3 is 0 Å². The second-order valence-electron chi connectivity index (χ2n) is 4.99. The molecule has 1 heteroatoms. The van der Waals surface area contributed by atoms with Crippen LogP contribution in [0.2, 0.25) is 0 Å². The van der Waals surface area contributed by atoms with Crippen molar-refractivity contribution in [2.75, 3.05) is 0 Å². The molecule has 1 aromatic heterocycles. The minimum absolute atomic E-state index is 1.14. The SMILES string of the molecule is CCCCc1c(-c2ccccc2)[nH]c2ccccc12. The standard InChI is InChI=1S/C18H19N/c1-2-3-11-16-15-12-7-8-13-17(15)19-18(16)14-9-5-4-6-10-14/h4-10,12-13,19H,2-3,11H2,1H3. The van der Waals surface area contributed by atoms with Crippen LogP contribution in [0, 0.1) is 0 Å². The molecule has 0 radical (unpaired) electrons. The van der Waals surface area contributed by atoms with Crippen LogP contribution in [-0.2, 0) is 6.42 Å². The fraction of sp³-hybridized carbons (Fsp3) is 0.222. The Labute approximate surface area is 114 Å². The number of benzene rings is 2. The highest BCUT2D eigenvalue weighted by Gasteiger charge is 2.11. The van der Waals surface area contributed by atoms with E-state index in [0.29, 0.717) is 0 Å². The predicted octanol–water partition coefficient (Wildman–Crippen LogP) is 5.18. The molecule has 19 heavy (non-hydrogen) atoms. The monoisotopic (exact) mass is 249 g/mol. The quantitative estimate of drug-likeness (QED) is 0.656. The van der Waals surface area contributed by atoms with Crippen LogP contribution in [0.5, 0.6) is 0 Å². The highest BCUT2D eigenvalue weighted by Crippen LogP contribution is 2.31. The average molecular weight is 249 g/mol. The van der Waals surface area contributed by atoms with Crippen molar-refractivity contribution in [3.05, 3.63) is 60.2 Å². The Kier molecular flexibility index (Phi) is 3.37. The third-order valence-corrected chi connectivity index (χ3v) is 3.66. The van der Waals surface area contributed by atoms with Crippen molar-refractivity contribution in [1.29, 1.82) is 0 Å². The molecule has 0 unspecified atom stereocenters. The number of fused-ring (bicyclic) bond motifs is 1. The molecule has 0 amide bonds. The molecule has 3 aromatic rings. The molecule has 0 spiro atoms. The van der Waals surface area contributed by atoms with Gasteiger partial charge in [-0.25, -0.2) is 0 Å². The van der Waals surface area contributed by atoms with Crippen molar-refractivity contribution in [1.82, 2.24) is 4.98 Å². The average Bonchev–Trinajstić information content (AvgIpc) is 2.85. The summed E-state index contributed by atoms with van der Waals surface area (Å²) >= 11 is 0. The highest BCUT2D eigenvalue weighted by atomic mass is 14.7. The first-order valence-electron chi connectivity index (χ1n) is 7.05. The Balaban J connectivity index is 2.17. The maximum atomic E-state index is 3.59. The van der Waals surface area contributed by atoms with Crippen molar-refractivity contribution in [2.24, 2.45) is 0 Å². The van der Waals surface area contributed by atoms with Crippen LogP contribution in [0.25, 0.3) is 22.2 Å². The third kappa shape index (κ3) is 2.28. The zero-order valence-electron chi connectivity index (χ0n) is 11.3. The van der Waals surface area contributed by atoms with Gasteiger partial charge in [-0.15, -0.1) is 0 Å². The maximum absolute atomic E-state index is 3.59. The zero-order valence-corrected chi connectivity index (χ0v) is 11.3. The van der Waals surface area contributed by atoms with Crippen LogP contribution in [0.15, 0.2) is 54.6 Å². The van der Waals surface area contributed by atoms with E-state index in [9.17, 15) is 0 Å². The lowest BCUT2D eigenvalue weighted by Gasteiger charge is -2.04. The van der Waals surface area contributed by atoms with Gasteiger partial charge in [0.25, 0.3) is 0 Å². The molecule has 0 saturated heterocycles. The summed E-state index contributed by atoms with van der Waals surface area (Å²) in [4.78, 5) is 3.59. The lowest BCUT2D eigenvalue weighted by Crippen LogP contribution is -1.87. The Morgan fingerprint density at radius 2 is 1.63 bits per heavy atom. The molecule has 0 atom stereocenters. The van der Waals surface area contributed by atoms with E-state index in [0.717, 1.165) is 6.42 Å². The summed E-state index contributed by atoms with van der Waals surface area (Å²) in [5.41, 5.74) is 5.27. The van der Waals surface area contributed by atoms with Gasteiger partial charge in [-0.2, -0.15) is 0 Å². The van der Waals surface area contributed by atoms with Gasteiger partial charge in [0, 0.05) is 16.6 Å². The molecule has 0 bridgehead atoms. The number of aromatic amines is 1. The first kappa shape index (κ1) is 12.0. The number of hydrogen-bond acceptors (Lipinski definition) is 0. The molecule has 3 rings (SSSR count). The summed E-state index contributed by atoms with van der Waals surface area (Å²) < 4.78 is 0. The summed E-state index contributed by atoms with van der Waals surface area (Å²) in [6.07, 6.45) is 3.61. The highest BCUT2D eigenvalue weighted by molar-refractivity contribution is 5.90. The van der Waals surface area contributed by atoms with Gasteiger partial charge in [0.05, 0.1) is 0 Å². The molecule has 0 aliphatic heterocycles. The summed E-state index contributed by atoms with van der Waals surface area (Å²) in [5.74, 6) is 0. The second-order valence-corrected chi connectivity index (χ2v) is 4.99. The number of unbranched alkanes of at least 4 members (excludes halogenated alkanes) is 1. The minimum Gasteiger partial charge on any atom is -0.354 e. The fourth-order valence-corrected chi connectivity index (χ4v) is 2.66. The Morgan fingerprint density at radius 1 is 0.895 bits per heavy atom. The molecular formula is C18H19N. The third-order valence-electron chi connectivity index (χ3n) is 3.66. The topological polar surface area (TPSA) is 15.8 Å². The van der Waals surface area contributed by atoms with E-state index in [4.69, 9.17) is 0 Å².